The SMILES string of the molecule is CNCC(C)C(=O)N(C)CCOCc1ccccc1.Cl. The smallest absolute Gasteiger partial charge is 0.226 e. The van der Waals surface area contributed by atoms with Gasteiger partial charge in [0.2, 0.25) is 5.91 Å². The first-order valence-corrected chi connectivity index (χ1v) is 6.66. The molecule has 114 valence electrons. The van der Waals surface area contributed by atoms with Crippen LogP contribution < -0.4 is 5.32 Å². The summed E-state index contributed by atoms with van der Waals surface area (Å²) in [6.07, 6.45) is 0. The minimum atomic E-state index is 0. The second-order valence-corrected chi connectivity index (χ2v) is 4.76. The Hall–Kier alpha value is -1.10. The van der Waals surface area contributed by atoms with E-state index in [2.05, 4.69) is 5.32 Å². The Labute approximate surface area is 127 Å². The first kappa shape index (κ1) is 18.9. The molecule has 20 heavy (non-hydrogen) atoms. The number of carbonyl (C=O) groups is 1. The van der Waals surface area contributed by atoms with Crippen LogP contribution in [0, 0.1) is 5.92 Å². The van der Waals surface area contributed by atoms with Crippen LogP contribution in [-0.2, 0) is 16.1 Å². The van der Waals surface area contributed by atoms with Crippen molar-refractivity contribution in [2.45, 2.75) is 13.5 Å². The van der Waals surface area contributed by atoms with Crippen molar-refractivity contribution in [3.05, 3.63) is 35.9 Å². The highest BCUT2D eigenvalue weighted by molar-refractivity contribution is 5.85. The van der Waals surface area contributed by atoms with E-state index in [0.717, 1.165) is 5.56 Å². The summed E-state index contributed by atoms with van der Waals surface area (Å²) < 4.78 is 5.57. The molecular formula is C15H25ClN2O2. The fourth-order valence-corrected chi connectivity index (χ4v) is 1.85. The van der Waals surface area contributed by atoms with Gasteiger partial charge in [0.05, 0.1) is 13.2 Å². The summed E-state index contributed by atoms with van der Waals surface area (Å²) in [5.74, 6) is 0.154. The highest BCUT2D eigenvalue weighted by atomic mass is 35.5. The quantitative estimate of drug-likeness (QED) is 0.746. The first-order chi connectivity index (χ1) is 9.15. The van der Waals surface area contributed by atoms with Crippen LogP contribution in [0.4, 0.5) is 0 Å². The average Bonchev–Trinajstić information content (AvgIpc) is 2.44. The van der Waals surface area contributed by atoms with Gasteiger partial charge in [-0.1, -0.05) is 37.3 Å². The highest BCUT2D eigenvalue weighted by Gasteiger charge is 2.15. The van der Waals surface area contributed by atoms with Crippen molar-refractivity contribution in [2.75, 3.05) is 33.8 Å². The van der Waals surface area contributed by atoms with Crippen molar-refractivity contribution < 1.29 is 9.53 Å². The molecule has 1 unspecified atom stereocenters. The van der Waals surface area contributed by atoms with Crippen LogP contribution in [0.1, 0.15) is 12.5 Å². The van der Waals surface area contributed by atoms with Crippen molar-refractivity contribution in [2.24, 2.45) is 5.92 Å². The number of hydrogen-bond acceptors (Lipinski definition) is 3. The molecule has 0 saturated heterocycles. The summed E-state index contributed by atoms with van der Waals surface area (Å²) in [4.78, 5) is 13.7. The number of amides is 1. The van der Waals surface area contributed by atoms with Gasteiger partial charge >= 0.3 is 0 Å². The summed E-state index contributed by atoms with van der Waals surface area (Å²) in [5.41, 5.74) is 1.15. The molecule has 0 aliphatic rings. The third-order valence-corrected chi connectivity index (χ3v) is 2.99. The lowest BCUT2D eigenvalue weighted by atomic mass is 10.1. The molecule has 0 bridgehead atoms. The Kier molecular flexibility index (Phi) is 10.1. The van der Waals surface area contributed by atoms with Crippen LogP contribution >= 0.6 is 12.4 Å². The molecule has 1 aromatic rings. The molecule has 1 amide bonds. The number of likely N-dealkylation sites (N-methyl/N-ethyl adjacent to an activating group) is 1. The second kappa shape index (κ2) is 10.7. The molecule has 1 aromatic carbocycles. The van der Waals surface area contributed by atoms with Crippen LogP contribution in [0.2, 0.25) is 0 Å². The van der Waals surface area contributed by atoms with E-state index < -0.39 is 0 Å². The zero-order valence-electron chi connectivity index (χ0n) is 12.5. The number of benzene rings is 1. The standard InChI is InChI=1S/C15H24N2O2.ClH/c1-13(11-16-2)15(18)17(3)9-10-19-12-14-7-5-4-6-8-14;/h4-8,13,16H,9-12H2,1-3H3;1H. The van der Waals surface area contributed by atoms with Crippen LogP contribution in [0.25, 0.3) is 0 Å². The lowest BCUT2D eigenvalue weighted by Gasteiger charge is -2.21. The number of nitrogens with one attached hydrogen (secondary N) is 1. The van der Waals surface area contributed by atoms with E-state index >= 15 is 0 Å². The lowest BCUT2D eigenvalue weighted by Crippen LogP contribution is -2.37. The molecule has 0 aliphatic heterocycles. The minimum Gasteiger partial charge on any atom is -0.375 e. The van der Waals surface area contributed by atoms with Gasteiger partial charge in [-0.05, 0) is 12.6 Å². The molecule has 0 spiro atoms. The molecule has 0 fully saturated rings. The van der Waals surface area contributed by atoms with Crippen LogP contribution in [-0.4, -0.2) is 44.6 Å². The Morgan fingerprint density at radius 3 is 2.60 bits per heavy atom. The highest BCUT2D eigenvalue weighted by Crippen LogP contribution is 2.02. The van der Waals surface area contributed by atoms with Gasteiger partial charge in [0.25, 0.3) is 0 Å². The summed E-state index contributed by atoms with van der Waals surface area (Å²) >= 11 is 0. The number of rotatable bonds is 8. The molecule has 0 aromatic heterocycles. The van der Waals surface area contributed by atoms with Crippen LogP contribution in [0.5, 0.6) is 0 Å². The summed E-state index contributed by atoms with van der Waals surface area (Å²) in [6.45, 7) is 4.41. The van der Waals surface area contributed by atoms with Gasteiger partial charge in [0.15, 0.2) is 0 Å². The Balaban J connectivity index is 0.00000361. The first-order valence-electron chi connectivity index (χ1n) is 6.66. The zero-order valence-corrected chi connectivity index (χ0v) is 13.3. The molecule has 0 radical (unpaired) electrons. The molecule has 0 aliphatic carbocycles. The van der Waals surface area contributed by atoms with E-state index in [1.54, 1.807) is 4.90 Å². The van der Waals surface area contributed by atoms with Gasteiger partial charge < -0.3 is 15.0 Å². The third kappa shape index (κ3) is 6.89. The summed E-state index contributed by atoms with van der Waals surface area (Å²) in [6, 6.07) is 10.0. The molecule has 0 saturated carbocycles. The maximum atomic E-state index is 11.9. The minimum absolute atomic E-state index is 0. The summed E-state index contributed by atoms with van der Waals surface area (Å²) in [7, 11) is 3.67. The number of hydrogen-bond donors (Lipinski definition) is 1. The fourth-order valence-electron chi connectivity index (χ4n) is 1.85. The number of nitrogens with zero attached hydrogens (tertiary/aromatic N) is 1. The van der Waals surface area contributed by atoms with Gasteiger partial charge in [-0.2, -0.15) is 0 Å². The Morgan fingerprint density at radius 2 is 2.00 bits per heavy atom. The Bertz CT molecular complexity index is 373. The van der Waals surface area contributed by atoms with Gasteiger partial charge in [-0.15, -0.1) is 12.4 Å². The van der Waals surface area contributed by atoms with Gasteiger partial charge in [0, 0.05) is 26.1 Å². The topological polar surface area (TPSA) is 41.6 Å². The molecule has 1 rings (SSSR count). The molecule has 5 heteroatoms. The maximum Gasteiger partial charge on any atom is 0.226 e. The van der Waals surface area contributed by atoms with Crippen molar-refractivity contribution in [3.8, 4) is 0 Å². The lowest BCUT2D eigenvalue weighted by molar-refractivity contribution is -0.134. The predicted molar refractivity (Wildman–Crippen MR) is 84.1 cm³/mol. The number of carbonyl (C=O) groups excluding carboxylic acids is 1. The predicted octanol–water partition coefficient (Wildman–Crippen LogP) is 1.94. The Morgan fingerprint density at radius 1 is 1.35 bits per heavy atom. The van der Waals surface area contributed by atoms with E-state index in [9.17, 15) is 4.79 Å². The third-order valence-electron chi connectivity index (χ3n) is 2.99. The monoisotopic (exact) mass is 300 g/mol. The largest absolute Gasteiger partial charge is 0.375 e. The van der Waals surface area contributed by atoms with E-state index in [1.165, 1.54) is 0 Å². The molecule has 1 atom stereocenters. The average molecular weight is 301 g/mol. The molecule has 1 N–H and O–H groups in total. The van der Waals surface area contributed by atoms with Gasteiger partial charge in [0.1, 0.15) is 0 Å². The summed E-state index contributed by atoms with van der Waals surface area (Å²) in [5, 5.41) is 3.01. The van der Waals surface area contributed by atoms with Gasteiger partial charge in [-0.3, -0.25) is 4.79 Å². The van der Waals surface area contributed by atoms with Crippen molar-refractivity contribution in [1.82, 2.24) is 10.2 Å². The van der Waals surface area contributed by atoms with Crippen LogP contribution in [0.15, 0.2) is 30.3 Å². The van der Waals surface area contributed by atoms with E-state index in [0.29, 0.717) is 26.3 Å². The van der Waals surface area contributed by atoms with Crippen molar-refractivity contribution in [1.29, 1.82) is 0 Å². The fraction of sp³-hybridized carbons (Fsp3) is 0.533. The molecule has 0 heterocycles. The van der Waals surface area contributed by atoms with Gasteiger partial charge in [-0.25, -0.2) is 0 Å². The van der Waals surface area contributed by atoms with Crippen LogP contribution in [0.3, 0.4) is 0 Å². The van der Waals surface area contributed by atoms with Crippen molar-refractivity contribution in [3.63, 3.8) is 0 Å². The zero-order chi connectivity index (χ0) is 14.1. The van der Waals surface area contributed by atoms with E-state index in [1.807, 2.05) is 51.4 Å². The van der Waals surface area contributed by atoms with E-state index in [-0.39, 0.29) is 24.2 Å². The molecule has 4 nitrogen and oxygen atoms in total. The maximum absolute atomic E-state index is 11.9. The van der Waals surface area contributed by atoms with Crippen molar-refractivity contribution >= 4 is 18.3 Å². The number of halogens is 1. The second-order valence-electron chi connectivity index (χ2n) is 4.76. The normalized spacial score (nSPS) is 11.6. The number of ether oxygens (including phenoxy) is 1. The van der Waals surface area contributed by atoms with E-state index in [4.69, 9.17) is 4.74 Å². The molecular weight excluding hydrogens is 276 g/mol.